The van der Waals surface area contributed by atoms with Crippen molar-refractivity contribution >= 4 is 17.4 Å². The van der Waals surface area contributed by atoms with Gasteiger partial charge in [-0.05, 0) is 92.6 Å². The summed E-state index contributed by atoms with van der Waals surface area (Å²) in [4.78, 5) is 28.6. The van der Waals surface area contributed by atoms with Crippen LogP contribution in [0.15, 0.2) is 78.9 Å². The first-order valence-corrected chi connectivity index (χ1v) is 14.6. The molecule has 0 saturated heterocycles. The van der Waals surface area contributed by atoms with Gasteiger partial charge in [0.1, 0.15) is 0 Å². The molecule has 2 aliphatic carbocycles. The minimum Gasteiger partial charge on any atom is -0.394 e. The van der Waals surface area contributed by atoms with Gasteiger partial charge in [0, 0.05) is 23.2 Å². The molecule has 2 aromatic rings. The first-order valence-electron chi connectivity index (χ1n) is 14.6. The maximum absolute atomic E-state index is 13.1. The third-order valence-electron chi connectivity index (χ3n) is 8.19. The molecule has 2 amide bonds. The van der Waals surface area contributed by atoms with E-state index in [4.69, 9.17) is 0 Å². The molecule has 6 heteroatoms. The Balaban J connectivity index is 1.36. The lowest BCUT2D eigenvalue weighted by molar-refractivity contribution is 0.0905. The lowest BCUT2D eigenvalue weighted by Crippen LogP contribution is -2.44. The predicted molar refractivity (Wildman–Crippen MR) is 162 cm³/mol. The zero-order valence-electron chi connectivity index (χ0n) is 23.9. The quantitative estimate of drug-likeness (QED) is 0.331. The Morgan fingerprint density at radius 2 is 1.70 bits per heavy atom. The van der Waals surface area contributed by atoms with Gasteiger partial charge in [-0.1, -0.05) is 68.5 Å². The number of amides is 2. The van der Waals surface area contributed by atoms with E-state index in [0.29, 0.717) is 22.7 Å². The lowest BCUT2D eigenvalue weighted by Gasteiger charge is -2.36. The number of benzene rings is 2. The van der Waals surface area contributed by atoms with Gasteiger partial charge in [-0.2, -0.15) is 0 Å². The summed E-state index contributed by atoms with van der Waals surface area (Å²) in [5.41, 5.74) is 5.08. The topological polar surface area (TPSA) is 81.7 Å². The molecule has 2 aliphatic rings. The van der Waals surface area contributed by atoms with Crippen molar-refractivity contribution in [2.24, 2.45) is 0 Å². The molecule has 0 aliphatic heterocycles. The van der Waals surface area contributed by atoms with Crippen LogP contribution in [0.4, 0.5) is 0 Å². The van der Waals surface area contributed by atoms with Gasteiger partial charge in [-0.15, -0.1) is 0 Å². The smallest absolute Gasteiger partial charge is 0.251 e. The van der Waals surface area contributed by atoms with Gasteiger partial charge in [0.2, 0.25) is 0 Å². The zero-order valence-corrected chi connectivity index (χ0v) is 23.9. The van der Waals surface area contributed by atoms with Gasteiger partial charge in [0.15, 0.2) is 0 Å². The monoisotopic (exact) mass is 541 g/mol. The number of carbonyl (C=O) groups excluding carboxylic acids is 2. The molecule has 1 saturated carbocycles. The Kier molecular flexibility index (Phi) is 10.5. The van der Waals surface area contributed by atoms with Crippen LogP contribution in [0.25, 0.3) is 5.57 Å². The second-order valence-electron chi connectivity index (χ2n) is 10.8. The predicted octanol–water partition coefficient (Wildman–Crippen LogP) is 5.82. The molecule has 212 valence electrons. The Bertz CT molecular complexity index is 1240. The van der Waals surface area contributed by atoms with Crippen molar-refractivity contribution in [3.8, 4) is 0 Å². The molecule has 6 nitrogen and oxygen atoms in total. The highest BCUT2D eigenvalue weighted by atomic mass is 16.3. The summed E-state index contributed by atoms with van der Waals surface area (Å²) < 4.78 is 0. The Morgan fingerprint density at radius 1 is 0.975 bits per heavy atom. The van der Waals surface area contributed by atoms with Gasteiger partial charge >= 0.3 is 0 Å². The number of nitrogens with one attached hydrogen (secondary N) is 2. The van der Waals surface area contributed by atoms with Crippen LogP contribution in [0.2, 0.25) is 0 Å². The number of hydrogen-bond donors (Lipinski definition) is 3. The number of hydrogen-bond acceptors (Lipinski definition) is 4. The highest BCUT2D eigenvalue weighted by Crippen LogP contribution is 2.25. The number of rotatable bonds is 10. The molecule has 0 unspecified atom stereocenters. The molecule has 0 bridgehead atoms. The van der Waals surface area contributed by atoms with Gasteiger partial charge in [0.05, 0.1) is 12.6 Å². The van der Waals surface area contributed by atoms with E-state index in [1.807, 2.05) is 18.2 Å². The van der Waals surface area contributed by atoms with E-state index in [0.717, 1.165) is 62.8 Å². The van der Waals surface area contributed by atoms with Gasteiger partial charge in [-0.3, -0.25) is 9.59 Å². The Labute approximate surface area is 238 Å². The number of aliphatic hydroxyl groups excluding tert-OH is 1. The number of carbonyl (C=O) groups is 2. The molecular weight excluding hydrogens is 498 g/mol. The van der Waals surface area contributed by atoms with Crippen LogP contribution in [0.1, 0.15) is 90.3 Å². The molecule has 2 aromatic carbocycles. The number of allylic oxidation sites excluding steroid dienone is 5. The van der Waals surface area contributed by atoms with Crippen molar-refractivity contribution in [3.63, 3.8) is 0 Å². The fourth-order valence-electron chi connectivity index (χ4n) is 5.75. The third kappa shape index (κ3) is 7.58. The van der Waals surface area contributed by atoms with Crippen LogP contribution in [-0.4, -0.2) is 53.6 Å². The summed E-state index contributed by atoms with van der Waals surface area (Å²) in [6, 6.07) is 14.8. The van der Waals surface area contributed by atoms with Crippen LogP contribution in [-0.2, 0) is 0 Å². The maximum atomic E-state index is 13.1. The van der Waals surface area contributed by atoms with E-state index < -0.39 is 6.04 Å². The molecule has 0 spiro atoms. The minimum atomic E-state index is -0.622. The standard InChI is InChI=1S/C34H43N3O3/c1-4-37(5-2)31-20-18-30(19-21-31)35-34(40)29-11-7-10-28(22-29)32(23-38)36-33(39)27-16-14-26(15-17-27)25-9-6-8-24(3)12-13-25/h6-7,9-11,13-17,22,30-32,38H,3-5,8,12,18-21,23H2,1-2H3,(H,35,40)(H,36,39)/t30?,31?,32-/m1/s1. The minimum absolute atomic E-state index is 0.114. The molecule has 40 heavy (non-hydrogen) atoms. The van der Waals surface area contributed by atoms with Crippen molar-refractivity contribution < 1.29 is 14.7 Å². The number of aliphatic hydroxyl groups is 1. The normalized spacial score (nSPS) is 20.0. The van der Waals surface area contributed by atoms with E-state index in [9.17, 15) is 14.7 Å². The fraction of sp³-hybridized carbons (Fsp3) is 0.412. The van der Waals surface area contributed by atoms with Crippen LogP contribution < -0.4 is 10.6 Å². The van der Waals surface area contributed by atoms with Crippen molar-refractivity contribution in [1.82, 2.24) is 15.5 Å². The van der Waals surface area contributed by atoms with Crippen molar-refractivity contribution in [2.75, 3.05) is 19.7 Å². The second kappa shape index (κ2) is 14.2. The van der Waals surface area contributed by atoms with Crippen molar-refractivity contribution in [1.29, 1.82) is 0 Å². The molecule has 0 heterocycles. The maximum Gasteiger partial charge on any atom is 0.251 e. The number of nitrogens with zero attached hydrogens (tertiary/aromatic N) is 1. The molecule has 1 atom stereocenters. The highest BCUT2D eigenvalue weighted by molar-refractivity contribution is 5.96. The highest BCUT2D eigenvalue weighted by Gasteiger charge is 2.26. The second-order valence-corrected chi connectivity index (χ2v) is 10.8. The van der Waals surface area contributed by atoms with E-state index >= 15 is 0 Å². The first kappa shape index (κ1) is 29.5. The summed E-state index contributed by atoms with van der Waals surface area (Å²) in [6.45, 7) is 10.3. The van der Waals surface area contributed by atoms with Crippen LogP contribution in [0, 0.1) is 0 Å². The molecular formula is C34H43N3O3. The van der Waals surface area contributed by atoms with E-state index in [2.05, 4.69) is 54.2 Å². The largest absolute Gasteiger partial charge is 0.394 e. The van der Waals surface area contributed by atoms with E-state index in [-0.39, 0.29) is 24.5 Å². The van der Waals surface area contributed by atoms with E-state index in [1.54, 1.807) is 30.3 Å². The van der Waals surface area contributed by atoms with Crippen LogP contribution in [0.3, 0.4) is 0 Å². The summed E-state index contributed by atoms with van der Waals surface area (Å²) in [6.07, 6.45) is 12.2. The third-order valence-corrected chi connectivity index (χ3v) is 8.19. The molecule has 4 rings (SSSR count). The van der Waals surface area contributed by atoms with Gasteiger partial charge in [0.25, 0.3) is 11.8 Å². The molecule has 1 fully saturated rings. The summed E-state index contributed by atoms with van der Waals surface area (Å²) in [5, 5.41) is 16.2. The van der Waals surface area contributed by atoms with Crippen molar-refractivity contribution in [3.05, 3.63) is 101 Å². The van der Waals surface area contributed by atoms with Gasteiger partial charge in [-0.25, -0.2) is 0 Å². The Hall–Kier alpha value is -3.48. The summed E-state index contributed by atoms with van der Waals surface area (Å²) >= 11 is 0. The molecule has 3 N–H and O–H groups in total. The first-order chi connectivity index (χ1) is 19.4. The van der Waals surface area contributed by atoms with Gasteiger partial charge < -0.3 is 20.6 Å². The zero-order chi connectivity index (χ0) is 28.5. The summed E-state index contributed by atoms with van der Waals surface area (Å²) in [5.74, 6) is -0.388. The van der Waals surface area contributed by atoms with E-state index in [1.165, 1.54) is 5.57 Å². The fourth-order valence-corrected chi connectivity index (χ4v) is 5.75. The lowest BCUT2D eigenvalue weighted by atomic mass is 9.90. The summed E-state index contributed by atoms with van der Waals surface area (Å²) in [7, 11) is 0. The van der Waals surface area contributed by atoms with Crippen molar-refractivity contribution in [2.45, 2.75) is 70.5 Å². The average molecular weight is 542 g/mol. The van der Waals surface area contributed by atoms with Crippen LogP contribution >= 0.6 is 0 Å². The average Bonchev–Trinajstić information content (AvgIpc) is 3.21. The molecule has 0 aromatic heterocycles. The Morgan fingerprint density at radius 3 is 2.38 bits per heavy atom. The SMILES string of the molecule is C=C1CC=CC(c2ccc(C(=O)N[C@H](CO)c3cccc(C(=O)NC4CCC(N(CC)CC)CC4)c3)cc2)=CC1. The van der Waals surface area contributed by atoms with Crippen LogP contribution in [0.5, 0.6) is 0 Å². The molecule has 0 radical (unpaired) electrons.